The van der Waals surface area contributed by atoms with Crippen LogP contribution in [0.5, 0.6) is 0 Å². The zero-order chi connectivity index (χ0) is 22.2. The van der Waals surface area contributed by atoms with Gasteiger partial charge in [0.25, 0.3) is 11.7 Å². The van der Waals surface area contributed by atoms with E-state index >= 15 is 0 Å². The molecule has 1 amide bonds. The van der Waals surface area contributed by atoms with Crippen LogP contribution in [0.1, 0.15) is 27.6 Å². The summed E-state index contributed by atoms with van der Waals surface area (Å²) in [7, 11) is 0. The number of ketones is 1. The summed E-state index contributed by atoms with van der Waals surface area (Å²) in [6, 6.07) is 24.2. The maximum Gasteiger partial charge on any atom is 0.295 e. The number of likely N-dealkylation sites (tertiary alicyclic amines) is 1. The molecule has 1 aliphatic rings. The number of nitrogens with zero attached hydrogens (tertiary/aromatic N) is 1. The summed E-state index contributed by atoms with van der Waals surface area (Å²) in [5.41, 5.74) is 2.48. The van der Waals surface area contributed by atoms with E-state index in [1.807, 2.05) is 85.1 Å². The van der Waals surface area contributed by atoms with Crippen LogP contribution in [-0.2, 0) is 16.1 Å². The molecule has 1 unspecified atom stereocenters. The van der Waals surface area contributed by atoms with Crippen LogP contribution in [-0.4, -0.2) is 21.7 Å². The van der Waals surface area contributed by atoms with E-state index in [2.05, 4.69) is 0 Å². The lowest BCUT2D eigenvalue weighted by atomic mass is 9.91. The molecule has 0 bridgehead atoms. The minimum Gasteiger partial charge on any atom is -0.507 e. The molecule has 2 heterocycles. The van der Waals surface area contributed by atoms with Crippen LogP contribution in [0.15, 0.2) is 89.8 Å². The Morgan fingerprint density at radius 1 is 0.938 bits per heavy atom. The molecule has 4 aromatic rings. The molecule has 5 heteroatoms. The highest BCUT2D eigenvalue weighted by atomic mass is 32.1. The first-order chi connectivity index (χ1) is 15.6. The molecule has 3 aromatic carbocycles. The molecule has 0 spiro atoms. The lowest BCUT2D eigenvalue weighted by Crippen LogP contribution is -2.29. The van der Waals surface area contributed by atoms with E-state index in [9.17, 15) is 14.7 Å². The smallest absolute Gasteiger partial charge is 0.295 e. The number of aliphatic hydroxyl groups excluding tert-OH is 1. The third-order valence-corrected chi connectivity index (χ3v) is 6.84. The highest BCUT2D eigenvalue weighted by molar-refractivity contribution is 7.09. The van der Waals surface area contributed by atoms with Gasteiger partial charge in [-0.1, -0.05) is 72.8 Å². The molecule has 1 saturated heterocycles. The third kappa shape index (κ3) is 3.31. The summed E-state index contributed by atoms with van der Waals surface area (Å²) in [5, 5.41) is 15.2. The second-order valence-electron chi connectivity index (χ2n) is 7.89. The summed E-state index contributed by atoms with van der Waals surface area (Å²) in [5.74, 6) is -1.38. The van der Waals surface area contributed by atoms with Crippen molar-refractivity contribution in [3.8, 4) is 0 Å². The lowest BCUT2D eigenvalue weighted by Gasteiger charge is -2.26. The largest absolute Gasteiger partial charge is 0.507 e. The Morgan fingerprint density at radius 3 is 2.47 bits per heavy atom. The van der Waals surface area contributed by atoms with Gasteiger partial charge < -0.3 is 10.0 Å². The Bertz CT molecular complexity index is 1370. The second kappa shape index (κ2) is 8.09. The minimum atomic E-state index is -0.655. The van der Waals surface area contributed by atoms with E-state index in [0.29, 0.717) is 12.1 Å². The first kappa shape index (κ1) is 20.2. The quantitative estimate of drug-likeness (QED) is 0.247. The molecule has 4 nitrogen and oxygen atoms in total. The highest BCUT2D eigenvalue weighted by Gasteiger charge is 2.46. The number of aliphatic hydroxyl groups is 1. The second-order valence-corrected chi connectivity index (χ2v) is 8.92. The van der Waals surface area contributed by atoms with Gasteiger partial charge in [0.1, 0.15) is 5.76 Å². The summed E-state index contributed by atoms with van der Waals surface area (Å²) in [6.07, 6.45) is 0. The molecule has 0 saturated carbocycles. The number of carbonyl (C=O) groups is 2. The topological polar surface area (TPSA) is 57.6 Å². The van der Waals surface area contributed by atoms with Crippen molar-refractivity contribution in [3.63, 3.8) is 0 Å². The van der Waals surface area contributed by atoms with Crippen molar-refractivity contribution >= 4 is 39.6 Å². The number of hydrogen-bond donors (Lipinski definition) is 1. The standard InChI is InChI=1S/C27H21NO3S/c1-17-8-2-4-12-20(17)24-23(26(30)27(31)28(24)16-19-11-7-15-32-19)25(29)22-14-6-10-18-9-3-5-13-21(18)22/h2-15,24,29H,16H2,1H3/b25-23+. The van der Waals surface area contributed by atoms with Crippen LogP contribution in [0, 0.1) is 6.92 Å². The van der Waals surface area contributed by atoms with Crippen molar-refractivity contribution < 1.29 is 14.7 Å². The predicted octanol–water partition coefficient (Wildman–Crippen LogP) is 5.83. The highest BCUT2D eigenvalue weighted by Crippen LogP contribution is 2.42. The number of aryl methyl sites for hydroxylation is 1. The maximum absolute atomic E-state index is 13.3. The van der Waals surface area contributed by atoms with E-state index < -0.39 is 17.7 Å². The first-order valence-electron chi connectivity index (χ1n) is 10.4. The van der Waals surface area contributed by atoms with Crippen molar-refractivity contribution in [2.45, 2.75) is 19.5 Å². The Hall–Kier alpha value is -3.70. The summed E-state index contributed by atoms with van der Waals surface area (Å²) in [4.78, 5) is 29.0. The molecule has 32 heavy (non-hydrogen) atoms. The van der Waals surface area contributed by atoms with Crippen LogP contribution in [0.3, 0.4) is 0 Å². The van der Waals surface area contributed by atoms with Gasteiger partial charge in [0.2, 0.25) is 0 Å². The van der Waals surface area contributed by atoms with Crippen LogP contribution in [0.25, 0.3) is 16.5 Å². The van der Waals surface area contributed by atoms with Gasteiger partial charge in [-0.25, -0.2) is 0 Å². The van der Waals surface area contributed by atoms with E-state index in [4.69, 9.17) is 0 Å². The number of carbonyl (C=O) groups excluding carboxylic acids is 2. The average Bonchev–Trinajstić information content (AvgIpc) is 3.41. The van der Waals surface area contributed by atoms with E-state index in [0.717, 1.165) is 26.8 Å². The van der Waals surface area contributed by atoms with Gasteiger partial charge in [-0.3, -0.25) is 9.59 Å². The van der Waals surface area contributed by atoms with E-state index in [-0.39, 0.29) is 11.3 Å². The van der Waals surface area contributed by atoms with Crippen LogP contribution >= 0.6 is 11.3 Å². The molecule has 0 aliphatic carbocycles. The van der Waals surface area contributed by atoms with Crippen LogP contribution in [0.4, 0.5) is 0 Å². The van der Waals surface area contributed by atoms with Crippen LogP contribution in [0.2, 0.25) is 0 Å². The fourth-order valence-corrected chi connectivity index (χ4v) is 5.11. The average molecular weight is 440 g/mol. The Morgan fingerprint density at radius 2 is 1.69 bits per heavy atom. The van der Waals surface area contributed by atoms with Crippen molar-refractivity contribution in [1.82, 2.24) is 4.90 Å². The third-order valence-electron chi connectivity index (χ3n) is 5.97. The normalized spacial score (nSPS) is 17.9. The fourth-order valence-electron chi connectivity index (χ4n) is 4.41. The van der Waals surface area contributed by atoms with E-state index in [1.165, 1.54) is 11.3 Å². The van der Waals surface area contributed by atoms with E-state index in [1.54, 1.807) is 11.0 Å². The molecule has 0 radical (unpaired) electrons. The summed E-state index contributed by atoms with van der Waals surface area (Å²) < 4.78 is 0. The summed E-state index contributed by atoms with van der Waals surface area (Å²) >= 11 is 1.54. The number of benzene rings is 3. The Kier molecular flexibility index (Phi) is 5.11. The van der Waals surface area contributed by atoms with Crippen molar-refractivity contribution in [2.75, 3.05) is 0 Å². The number of thiophene rings is 1. The van der Waals surface area contributed by atoms with Gasteiger partial charge in [0.15, 0.2) is 0 Å². The van der Waals surface area contributed by atoms with Gasteiger partial charge in [0, 0.05) is 10.4 Å². The SMILES string of the molecule is Cc1ccccc1C1/C(=C(\O)c2cccc3ccccc23)C(=O)C(=O)N1Cc1cccs1. The van der Waals surface area contributed by atoms with Gasteiger partial charge in [0.05, 0.1) is 18.2 Å². The molecule has 1 aromatic heterocycles. The fraction of sp³-hybridized carbons (Fsp3) is 0.111. The zero-order valence-electron chi connectivity index (χ0n) is 17.5. The molecule has 1 atom stereocenters. The number of Topliss-reactive ketones (excluding diaryl/α,β-unsaturated/α-hetero) is 1. The Balaban J connectivity index is 1.74. The maximum atomic E-state index is 13.3. The summed E-state index contributed by atoms with van der Waals surface area (Å²) in [6.45, 7) is 2.27. The van der Waals surface area contributed by atoms with Crippen molar-refractivity contribution in [3.05, 3.63) is 111 Å². The van der Waals surface area contributed by atoms with Gasteiger partial charge >= 0.3 is 0 Å². The van der Waals surface area contributed by atoms with Gasteiger partial charge in [-0.05, 0) is 40.3 Å². The number of hydrogen-bond acceptors (Lipinski definition) is 4. The molecule has 1 fully saturated rings. The van der Waals surface area contributed by atoms with Gasteiger partial charge in [-0.15, -0.1) is 11.3 Å². The number of amides is 1. The van der Waals surface area contributed by atoms with Gasteiger partial charge in [-0.2, -0.15) is 0 Å². The zero-order valence-corrected chi connectivity index (χ0v) is 18.3. The monoisotopic (exact) mass is 439 g/mol. The van der Waals surface area contributed by atoms with Crippen molar-refractivity contribution in [2.24, 2.45) is 0 Å². The minimum absolute atomic E-state index is 0.136. The Labute approximate surface area is 190 Å². The van der Waals surface area contributed by atoms with Crippen molar-refractivity contribution in [1.29, 1.82) is 0 Å². The molecule has 1 N–H and O–H groups in total. The first-order valence-corrected chi connectivity index (χ1v) is 11.3. The lowest BCUT2D eigenvalue weighted by molar-refractivity contribution is -0.140. The van der Waals surface area contributed by atoms with Crippen LogP contribution < -0.4 is 0 Å². The predicted molar refractivity (Wildman–Crippen MR) is 127 cm³/mol. The molecule has 5 rings (SSSR count). The molecule has 1 aliphatic heterocycles. The number of rotatable bonds is 4. The molecular weight excluding hydrogens is 418 g/mol. The molecule has 158 valence electrons. The molecular formula is C27H21NO3S. The number of fused-ring (bicyclic) bond motifs is 1.